The number of phenols is 1. The number of hydrogen-bond acceptors (Lipinski definition) is 10. The Bertz CT molecular complexity index is 1240. The number of Topliss-reactive ketones (excluding diaryl/α,β-unsaturated/α-hetero) is 2. The van der Waals surface area contributed by atoms with Gasteiger partial charge in [-0.15, -0.1) is 0 Å². The molecular formula is C27H36N4O8. The fourth-order valence-corrected chi connectivity index (χ4v) is 6.07. The van der Waals surface area contributed by atoms with Crippen molar-refractivity contribution in [2.75, 3.05) is 32.1 Å². The van der Waals surface area contributed by atoms with Crippen molar-refractivity contribution in [3.63, 3.8) is 0 Å². The van der Waals surface area contributed by atoms with Crippen molar-refractivity contribution in [2.24, 2.45) is 17.6 Å². The van der Waals surface area contributed by atoms with Crippen molar-refractivity contribution in [2.45, 2.75) is 56.7 Å². The summed E-state index contributed by atoms with van der Waals surface area (Å²) in [5.41, 5.74) is 4.08. The van der Waals surface area contributed by atoms with E-state index < -0.39 is 41.1 Å². The first kappa shape index (κ1) is 28.5. The number of aliphatic hydroxyl groups excluding tert-OH is 2. The number of fused-ring (bicyclic) bond motifs is 1. The molecule has 1 unspecified atom stereocenters. The number of nitrogens with one attached hydrogen (secondary N) is 2. The highest BCUT2D eigenvalue weighted by Crippen LogP contribution is 2.45. The van der Waals surface area contributed by atoms with E-state index in [4.69, 9.17) is 5.73 Å². The number of amides is 2. The molecule has 2 aliphatic carbocycles. The Morgan fingerprint density at radius 1 is 1.18 bits per heavy atom. The summed E-state index contributed by atoms with van der Waals surface area (Å²) in [6.45, 7) is -0.120. The molecule has 0 radical (unpaired) electrons. The fraction of sp³-hybridized carbons (Fsp3) is 0.556. The van der Waals surface area contributed by atoms with Crippen molar-refractivity contribution in [3.05, 3.63) is 34.1 Å². The number of aliphatic hydroxyl groups is 3. The predicted molar refractivity (Wildman–Crippen MR) is 140 cm³/mol. The molecule has 0 spiro atoms. The Morgan fingerprint density at radius 2 is 1.90 bits per heavy atom. The highest BCUT2D eigenvalue weighted by atomic mass is 16.4. The van der Waals surface area contributed by atoms with Gasteiger partial charge in [-0.1, -0.05) is 0 Å². The lowest BCUT2D eigenvalue weighted by Gasteiger charge is -2.40. The number of nitrogens with two attached hydrogens (primary N) is 1. The Hall–Kier alpha value is -3.48. The number of ketones is 2. The van der Waals surface area contributed by atoms with Crippen molar-refractivity contribution < 1.29 is 39.6 Å². The van der Waals surface area contributed by atoms with Gasteiger partial charge in [0.2, 0.25) is 5.91 Å². The standard InChI is InChI=1S/C27H36N4O8/c1-31(2)18-9-14(11-30-26(38)17-4-3-5-29-17)23(35)21-16(18)7-13(8-19(21)33)6-15-10-20(34)22(25(28)37)24(36)27(15,39)12-32/h9,13,15,17,29,32,35-36,39H,3-8,10-12H2,1-2H3,(H2,28,37)(H,30,38)/t13-,15+,17?,27-/m1/s1. The monoisotopic (exact) mass is 544 g/mol. The summed E-state index contributed by atoms with van der Waals surface area (Å²) in [4.78, 5) is 51.8. The van der Waals surface area contributed by atoms with Crippen LogP contribution in [0.5, 0.6) is 5.75 Å². The van der Waals surface area contributed by atoms with Crippen LogP contribution in [0.15, 0.2) is 17.4 Å². The third kappa shape index (κ3) is 5.23. The van der Waals surface area contributed by atoms with Crippen molar-refractivity contribution in [3.8, 4) is 5.75 Å². The van der Waals surface area contributed by atoms with Gasteiger partial charge in [-0.2, -0.15) is 0 Å². The maximum Gasteiger partial charge on any atom is 0.255 e. The quantitative estimate of drug-likeness (QED) is 0.211. The number of carbonyl (C=O) groups excluding carboxylic acids is 4. The maximum absolute atomic E-state index is 13.4. The minimum atomic E-state index is -2.26. The molecule has 8 N–H and O–H groups in total. The zero-order chi connectivity index (χ0) is 28.6. The SMILES string of the molecule is CN(C)c1cc(CNC(=O)C2CCCN2)c(O)c2c1C[C@@H](C[C@H]1CC(=O)C(C(N)=O)=C(O)[C@@]1(O)CO)CC2=O. The van der Waals surface area contributed by atoms with Gasteiger partial charge in [0, 0.05) is 50.7 Å². The second-order valence-electron chi connectivity index (χ2n) is 10.9. The van der Waals surface area contributed by atoms with E-state index in [1.54, 1.807) is 25.1 Å². The number of primary amides is 1. The van der Waals surface area contributed by atoms with Crippen LogP contribution < -0.4 is 21.3 Å². The molecule has 4 rings (SSSR count). The zero-order valence-corrected chi connectivity index (χ0v) is 22.1. The molecule has 1 heterocycles. The van der Waals surface area contributed by atoms with Gasteiger partial charge in [0.1, 0.15) is 22.7 Å². The molecule has 1 aliphatic heterocycles. The van der Waals surface area contributed by atoms with Crippen LogP contribution in [0.1, 0.15) is 53.6 Å². The molecule has 212 valence electrons. The van der Waals surface area contributed by atoms with E-state index in [0.717, 1.165) is 19.4 Å². The van der Waals surface area contributed by atoms with E-state index in [-0.39, 0.29) is 60.8 Å². The topological polar surface area (TPSA) is 203 Å². The number of phenolic OH excluding ortho intramolecular Hbond substituents is 1. The second-order valence-corrected chi connectivity index (χ2v) is 10.9. The molecule has 1 saturated heterocycles. The van der Waals surface area contributed by atoms with E-state index in [9.17, 15) is 39.6 Å². The Balaban J connectivity index is 1.60. The fourth-order valence-electron chi connectivity index (χ4n) is 6.07. The summed E-state index contributed by atoms with van der Waals surface area (Å²) < 4.78 is 0. The highest BCUT2D eigenvalue weighted by Gasteiger charge is 2.50. The van der Waals surface area contributed by atoms with Crippen LogP contribution in [0.25, 0.3) is 0 Å². The van der Waals surface area contributed by atoms with Crippen molar-refractivity contribution >= 4 is 29.1 Å². The number of nitrogens with zero attached hydrogens (tertiary/aromatic N) is 1. The van der Waals surface area contributed by atoms with Gasteiger partial charge in [-0.05, 0) is 49.8 Å². The summed E-state index contributed by atoms with van der Waals surface area (Å²) in [5.74, 6) is -4.93. The van der Waals surface area contributed by atoms with Crippen LogP contribution in [-0.2, 0) is 27.3 Å². The van der Waals surface area contributed by atoms with E-state index in [2.05, 4.69) is 10.6 Å². The summed E-state index contributed by atoms with van der Waals surface area (Å²) in [7, 11) is 3.59. The molecule has 0 bridgehead atoms. The maximum atomic E-state index is 13.4. The van der Waals surface area contributed by atoms with Crippen LogP contribution >= 0.6 is 0 Å². The van der Waals surface area contributed by atoms with Crippen molar-refractivity contribution in [1.82, 2.24) is 10.6 Å². The molecule has 12 heteroatoms. The van der Waals surface area contributed by atoms with Crippen LogP contribution in [0.3, 0.4) is 0 Å². The van der Waals surface area contributed by atoms with Gasteiger partial charge < -0.3 is 41.7 Å². The van der Waals surface area contributed by atoms with E-state index in [1.165, 1.54) is 0 Å². The lowest BCUT2D eigenvalue weighted by Crippen LogP contribution is -2.51. The number of aromatic hydroxyl groups is 1. The highest BCUT2D eigenvalue weighted by molar-refractivity contribution is 6.20. The summed E-state index contributed by atoms with van der Waals surface area (Å²) >= 11 is 0. The van der Waals surface area contributed by atoms with Gasteiger partial charge >= 0.3 is 0 Å². The number of anilines is 1. The lowest BCUT2D eigenvalue weighted by molar-refractivity contribution is -0.130. The molecule has 3 aliphatic rings. The molecule has 4 atom stereocenters. The van der Waals surface area contributed by atoms with Gasteiger partial charge in [0.05, 0.1) is 18.2 Å². The van der Waals surface area contributed by atoms with Crippen LogP contribution in [0.4, 0.5) is 5.69 Å². The summed E-state index contributed by atoms with van der Waals surface area (Å²) in [6.07, 6.45) is 1.71. The molecule has 39 heavy (non-hydrogen) atoms. The van der Waals surface area contributed by atoms with Gasteiger partial charge in [-0.3, -0.25) is 19.2 Å². The number of benzene rings is 1. The molecule has 12 nitrogen and oxygen atoms in total. The first-order chi connectivity index (χ1) is 18.4. The summed E-state index contributed by atoms with van der Waals surface area (Å²) in [5, 5.41) is 48.5. The molecule has 1 aromatic carbocycles. The number of rotatable bonds is 8. The molecule has 0 aromatic heterocycles. The lowest BCUT2D eigenvalue weighted by atomic mass is 9.68. The van der Waals surface area contributed by atoms with Crippen LogP contribution in [-0.4, -0.2) is 82.7 Å². The second kappa shape index (κ2) is 10.9. The Morgan fingerprint density at radius 3 is 2.49 bits per heavy atom. The summed E-state index contributed by atoms with van der Waals surface area (Å²) in [6, 6.07) is 1.45. The smallest absolute Gasteiger partial charge is 0.255 e. The van der Waals surface area contributed by atoms with E-state index >= 15 is 0 Å². The average molecular weight is 545 g/mol. The Kier molecular flexibility index (Phi) is 8.01. The van der Waals surface area contributed by atoms with Gasteiger partial charge in [-0.25, -0.2) is 0 Å². The number of carbonyl (C=O) groups is 4. The minimum absolute atomic E-state index is 0.00537. The molecule has 1 fully saturated rings. The van der Waals surface area contributed by atoms with Crippen LogP contribution in [0.2, 0.25) is 0 Å². The number of hydrogen-bond donors (Lipinski definition) is 7. The molecule has 0 saturated carbocycles. The first-order valence-corrected chi connectivity index (χ1v) is 13.1. The predicted octanol–water partition coefficient (Wildman–Crippen LogP) is -0.429. The average Bonchev–Trinajstić information content (AvgIpc) is 3.41. The largest absolute Gasteiger partial charge is 0.508 e. The normalized spacial score (nSPS) is 26.9. The molecular weight excluding hydrogens is 508 g/mol. The minimum Gasteiger partial charge on any atom is -0.508 e. The zero-order valence-electron chi connectivity index (χ0n) is 22.1. The molecule has 2 amide bonds. The van der Waals surface area contributed by atoms with E-state index in [0.29, 0.717) is 23.2 Å². The Labute approximate surface area is 225 Å². The third-order valence-electron chi connectivity index (χ3n) is 8.16. The van der Waals surface area contributed by atoms with E-state index in [1.807, 2.05) is 0 Å². The third-order valence-corrected chi connectivity index (χ3v) is 8.16. The molecule has 1 aromatic rings. The van der Waals surface area contributed by atoms with Crippen molar-refractivity contribution in [1.29, 1.82) is 0 Å². The van der Waals surface area contributed by atoms with Gasteiger partial charge in [0.25, 0.3) is 5.91 Å². The van der Waals surface area contributed by atoms with Gasteiger partial charge in [0.15, 0.2) is 11.6 Å². The van der Waals surface area contributed by atoms with Crippen LogP contribution in [0, 0.1) is 11.8 Å². The first-order valence-electron chi connectivity index (χ1n) is 13.1.